The molecule has 6 nitrogen and oxygen atoms in total. The molecule has 0 saturated heterocycles. The predicted octanol–water partition coefficient (Wildman–Crippen LogP) is 3.27. The van der Waals surface area contributed by atoms with Crippen molar-refractivity contribution in [1.82, 2.24) is 5.32 Å². The van der Waals surface area contributed by atoms with Gasteiger partial charge in [0.2, 0.25) is 0 Å². The van der Waals surface area contributed by atoms with Gasteiger partial charge in [0, 0.05) is 47.3 Å². The molecule has 1 aliphatic carbocycles. The number of carbonyl (C=O) groups excluding carboxylic acids is 1. The Morgan fingerprint density at radius 1 is 1.07 bits per heavy atom. The Balaban J connectivity index is 1.95. The summed E-state index contributed by atoms with van der Waals surface area (Å²) >= 11 is 0. The molecule has 6 heteroatoms. The predicted molar refractivity (Wildman–Crippen MR) is 112 cm³/mol. The number of hydrogen-bond acceptors (Lipinski definition) is 5. The number of carbonyl (C=O) groups is 1. The third-order valence-corrected chi connectivity index (χ3v) is 4.86. The number of nitrogens with one attached hydrogen (secondary N) is 1. The van der Waals surface area contributed by atoms with Gasteiger partial charge in [0.1, 0.15) is 17.1 Å². The minimum Gasteiger partial charge on any atom is -0.508 e. The van der Waals surface area contributed by atoms with E-state index >= 15 is 0 Å². The maximum atomic E-state index is 12.3. The Bertz CT molecular complexity index is 1260. The maximum Gasteiger partial charge on any atom is 0.251 e. The van der Waals surface area contributed by atoms with Crippen molar-refractivity contribution in [1.29, 1.82) is 0 Å². The number of nitrogens with two attached hydrogens (primary N) is 1. The molecule has 0 bridgehead atoms. The summed E-state index contributed by atoms with van der Waals surface area (Å²) < 4.78 is 5.88. The van der Waals surface area contributed by atoms with Gasteiger partial charge in [0.05, 0.1) is 0 Å². The fraction of sp³-hybridized carbons (Fsp3) is 0.130. The van der Waals surface area contributed by atoms with Crippen molar-refractivity contribution >= 4 is 16.9 Å². The molecule has 0 aromatic heterocycles. The summed E-state index contributed by atoms with van der Waals surface area (Å²) in [6.45, 7) is 2.72. The summed E-state index contributed by atoms with van der Waals surface area (Å²) in [5.41, 5.74) is 9.79. The number of aromatic hydroxyl groups is 1. The van der Waals surface area contributed by atoms with Crippen LogP contribution in [0.5, 0.6) is 5.75 Å². The molecule has 0 radical (unpaired) electrons. The highest BCUT2D eigenvalue weighted by atomic mass is 16.3. The third-order valence-electron chi connectivity index (χ3n) is 4.86. The number of phenolic OH excluding ortho intramolecular Hbond substituents is 1. The number of aryl methyl sites for hydroxylation is 1. The number of fused-ring (bicyclic) bond motifs is 2. The van der Waals surface area contributed by atoms with Crippen LogP contribution in [0.15, 0.2) is 63.8 Å². The van der Waals surface area contributed by atoms with Gasteiger partial charge in [0.15, 0.2) is 5.43 Å². The molecule has 0 unspecified atom stereocenters. The van der Waals surface area contributed by atoms with Gasteiger partial charge in [-0.05, 0) is 54.4 Å². The maximum absolute atomic E-state index is 12.3. The summed E-state index contributed by atoms with van der Waals surface area (Å²) in [7, 11) is 0. The summed E-state index contributed by atoms with van der Waals surface area (Å²) in [5, 5.41) is 13.4. The fourth-order valence-corrected chi connectivity index (χ4v) is 3.52. The van der Waals surface area contributed by atoms with Gasteiger partial charge in [-0.2, -0.15) is 0 Å². The van der Waals surface area contributed by atoms with E-state index in [-0.39, 0.29) is 17.1 Å². The van der Waals surface area contributed by atoms with E-state index < -0.39 is 0 Å². The van der Waals surface area contributed by atoms with Crippen molar-refractivity contribution in [3.05, 3.63) is 75.9 Å². The molecule has 1 amide bonds. The van der Waals surface area contributed by atoms with Crippen LogP contribution >= 0.6 is 0 Å². The van der Waals surface area contributed by atoms with Gasteiger partial charge in [-0.3, -0.25) is 9.59 Å². The van der Waals surface area contributed by atoms with Crippen LogP contribution in [0.25, 0.3) is 33.4 Å². The van der Waals surface area contributed by atoms with E-state index in [9.17, 15) is 14.7 Å². The summed E-state index contributed by atoms with van der Waals surface area (Å²) in [6, 6.07) is 15.1. The zero-order valence-electron chi connectivity index (χ0n) is 15.9. The number of benzene rings is 3. The van der Waals surface area contributed by atoms with E-state index in [2.05, 4.69) is 5.32 Å². The lowest BCUT2D eigenvalue weighted by atomic mass is 9.90. The van der Waals surface area contributed by atoms with Gasteiger partial charge in [-0.15, -0.1) is 0 Å². The number of rotatable bonds is 4. The van der Waals surface area contributed by atoms with E-state index in [4.69, 9.17) is 10.2 Å². The molecule has 4 rings (SSSR count). The van der Waals surface area contributed by atoms with Gasteiger partial charge in [-0.1, -0.05) is 6.07 Å². The van der Waals surface area contributed by atoms with Crippen LogP contribution in [0.4, 0.5) is 0 Å². The SMILES string of the molecule is Cc1cc(C(=O)NCCN)ccc1-c1c2ccc(=O)cc-2oc2cc(O)ccc12. The highest BCUT2D eigenvalue weighted by Gasteiger charge is 2.19. The van der Waals surface area contributed by atoms with Crippen LogP contribution in [0, 0.1) is 6.92 Å². The number of phenols is 1. The average Bonchev–Trinajstić information content (AvgIpc) is 2.70. The summed E-state index contributed by atoms with van der Waals surface area (Å²) in [5.74, 6) is 0.340. The first-order valence-corrected chi connectivity index (χ1v) is 9.27. The third kappa shape index (κ3) is 3.46. The Morgan fingerprint density at radius 3 is 2.62 bits per heavy atom. The Labute approximate surface area is 166 Å². The number of hydrogen-bond donors (Lipinski definition) is 3. The van der Waals surface area contributed by atoms with Crippen LogP contribution in [0.1, 0.15) is 15.9 Å². The van der Waals surface area contributed by atoms with E-state index in [1.165, 1.54) is 18.2 Å². The topological polar surface area (TPSA) is 106 Å². The average molecular weight is 388 g/mol. The molecule has 146 valence electrons. The fourth-order valence-electron chi connectivity index (χ4n) is 3.52. The molecule has 0 fully saturated rings. The van der Waals surface area contributed by atoms with Crippen molar-refractivity contribution in [2.75, 3.05) is 13.1 Å². The van der Waals surface area contributed by atoms with Crippen LogP contribution in [-0.2, 0) is 0 Å². The lowest BCUT2D eigenvalue weighted by Gasteiger charge is -2.17. The monoisotopic (exact) mass is 388 g/mol. The molecule has 1 heterocycles. The second kappa shape index (κ2) is 7.41. The normalized spacial score (nSPS) is 11.1. The summed E-state index contributed by atoms with van der Waals surface area (Å²) in [4.78, 5) is 24.1. The van der Waals surface area contributed by atoms with Gasteiger partial charge >= 0.3 is 0 Å². The minimum absolute atomic E-state index is 0.0773. The van der Waals surface area contributed by atoms with Crippen molar-refractivity contribution in [2.24, 2.45) is 5.73 Å². The molecular weight excluding hydrogens is 368 g/mol. The quantitative estimate of drug-likeness (QED) is 0.465. The smallest absolute Gasteiger partial charge is 0.251 e. The van der Waals surface area contributed by atoms with Crippen molar-refractivity contribution < 1.29 is 14.3 Å². The van der Waals surface area contributed by atoms with Crippen LogP contribution in [-0.4, -0.2) is 24.1 Å². The van der Waals surface area contributed by atoms with Crippen LogP contribution in [0.2, 0.25) is 0 Å². The first-order valence-electron chi connectivity index (χ1n) is 9.27. The molecule has 1 aliphatic heterocycles. The van der Waals surface area contributed by atoms with Gasteiger partial charge in [0.25, 0.3) is 5.91 Å². The largest absolute Gasteiger partial charge is 0.508 e. The Morgan fingerprint density at radius 2 is 1.86 bits per heavy atom. The second-order valence-corrected chi connectivity index (χ2v) is 6.89. The highest BCUT2D eigenvalue weighted by Crippen LogP contribution is 2.41. The van der Waals surface area contributed by atoms with Crippen LogP contribution < -0.4 is 16.5 Å². The lowest BCUT2D eigenvalue weighted by molar-refractivity contribution is 0.0954. The first kappa shape index (κ1) is 18.7. The molecule has 0 saturated carbocycles. The second-order valence-electron chi connectivity index (χ2n) is 6.89. The molecule has 0 spiro atoms. The zero-order valence-corrected chi connectivity index (χ0v) is 15.9. The van der Waals surface area contributed by atoms with Crippen molar-refractivity contribution in [3.63, 3.8) is 0 Å². The van der Waals surface area contributed by atoms with E-state index in [0.717, 1.165) is 27.6 Å². The Kier molecular flexibility index (Phi) is 4.78. The van der Waals surface area contributed by atoms with Crippen LogP contribution in [0.3, 0.4) is 0 Å². The van der Waals surface area contributed by atoms with Gasteiger partial charge < -0.3 is 20.6 Å². The molecule has 2 aliphatic rings. The summed E-state index contributed by atoms with van der Waals surface area (Å²) in [6.07, 6.45) is 0. The first-order chi connectivity index (χ1) is 14.0. The minimum atomic E-state index is -0.177. The molecule has 2 aromatic carbocycles. The van der Waals surface area contributed by atoms with E-state index in [1.54, 1.807) is 24.3 Å². The molecule has 4 N–H and O–H groups in total. The standard InChI is InChI=1S/C23H20N2O4/c1-13-10-14(23(28)25-9-8-24)2-5-17(13)22-18-6-3-15(26)11-20(18)29-21-12-16(27)4-7-19(21)22/h2-7,10-12,26H,8-9,24H2,1H3,(H,25,28). The zero-order chi connectivity index (χ0) is 20.5. The molecular formula is C23H20N2O4. The molecule has 2 aromatic rings. The Hall–Kier alpha value is -3.64. The van der Waals surface area contributed by atoms with Gasteiger partial charge in [-0.25, -0.2) is 0 Å². The van der Waals surface area contributed by atoms with Crippen molar-refractivity contribution in [3.8, 4) is 28.2 Å². The van der Waals surface area contributed by atoms with Crippen molar-refractivity contribution in [2.45, 2.75) is 6.92 Å². The highest BCUT2D eigenvalue weighted by molar-refractivity contribution is 6.03. The number of amides is 1. The molecule has 0 atom stereocenters. The molecule has 29 heavy (non-hydrogen) atoms. The van der Waals surface area contributed by atoms with E-state index in [0.29, 0.717) is 30.0 Å². The lowest BCUT2D eigenvalue weighted by Crippen LogP contribution is -2.29. The van der Waals surface area contributed by atoms with E-state index in [1.807, 2.05) is 19.1 Å².